The second-order valence-corrected chi connectivity index (χ2v) is 6.37. The molecule has 0 N–H and O–H groups in total. The molecule has 1 aromatic rings. The van der Waals surface area contributed by atoms with E-state index in [4.69, 9.17) is 0 Å². The molecule has 0 aliphatic carbocycles. The molecule has 3 rings (SSSR count). The molecule has 5 heteroatoms. The van der Waals surface area contributed by atoms with Crippen LogP contribution in [0.25, 0.3) is 0 Å². The van der Waals surface area contributed by atoms with Gasteiger partial charge in [-0.3, -0.25) is 9.59 Å². The fourth-order valence-corrected chi connectivity index (χ4v) is 3.83. The number of hydrogen-bond acceptors (Lipinski definition) is 2. The summed E-state index contributed by atoms with van der Waals surface area (Å²) in [5, 5.41) is 0.781. The van der Waals surface area contributed by atoms with Crippen molar-refractivity contribution in [3.05, 3.63) is 35.9 Å². The summed E-state index contributed by atoms with van der Waals surface area (Å²) in [6.07, 6.45) is 1.75. The third-order valence-corrected chi connectivity index (χ3v) is 5.18. The largest absolute Gasteiger partial charge is 0.331 e. The van der Waals surface area contributed by atoms with E-state index in [1.54, 1.807) is 9.80 Å². The highest BCUT2D eigenvalue weighted by molar-refractivity contribution is 9.09. The van der Waals surface area contributed by atoms with Crippen LogP contribution in [0.3, 0.4) is 0 Å². The van der Waals surface area contributed by atoms with Crippen molar-refractivity contribution in [3.8, 4) is 0 Å². The van der Waals surface area contributed by atoms with Crippen LogP contribution < -0.4 is 0 Å². The first-order valence-corrected chi connectivity index (χ1v) is 8.52. The molecule has 0 radical (unpaired) electrons. The second kappa shape index (κ2) is 6.18. The first-order chi connectivity index (χ1) is 10.2. The SMILES string of the molecule is O=C1C2CCCN2C(=O)CN1CC(CBr)c1ccccc1. The number of carbonyl (C=O) groups excluding carboxylic acids is 2. The molecule has 2 unspecified atom stereocenters. The van der Waals surface area contributed by atoms with Gasteiger partial charge in [-0.1, -0.05) is 46.3 Å². The molecule has 0 aromatic heterocycles. The van der Waals surface area contributed by atoms with Crippen LogP contribution in [0.2, 0.25) is 0 Å². The van der Waals surface area contributed by atoms with E-state index in [-0.39, 0.29) is 30.3 Å². The van der Waals surface area contributed by atoms with Crippen molar-refractivity contribution in [2.75, 3.05) is 25.0 Å². The summed E-state index contributed by atoms with van der Waals surface area (Å²) in [4.78, 5) is 28.2. The first kappa shape index (κ1) is 14.6. The lowest BCUT2D eigenvalue weighted by molar-refractivity contribution is -0.153. The molecule has 2 saturated heterocycles. The third-order valence-electron chi connectivity index (χ3n) is 4.39. The van der Waals surface area contributed by atoms with Gasteiger partial charge in [-0.25, -0.2) is 0 Å². The normalized spacial score (nSPS) is 23.4. The Morgan fingerprint density at radius 1 is 1.24 bits per heavy atom. The molecule has 2 heterocycles. The number of amides is 2. The minimum Gasteiger partial charge on any atom is -0.331 e. The molecule has 1 aromatic carbocycles. The Hall–Kier alpha value is -1.36. The molecule has 21 heavy (non-hydrogen) atoms. The Morgan fingerprint density at radius 2 is 2.00 bits per heavy atom. The van der Waals surface area contributed by atoms with E-state index in [9.17, 15) is 9.59 Å². The zero-order chi connectivity index (χ0) is 14.8. The average molecular weight is 351 g/mol. The van der Waals surface area contributed by atoms with Crippen LogP contribution in [0.4, 0.5) is 0 Å². The van der Waals surface area contributed by atoms with Crippen LogP contribution in [-0.4, -0.2) is 52.6 Å². The van der Waals surface area contributed by atoms with Gasteiger partial charge in [0.1, 0.15) is 6.04 Å². The Bertz CT molecular complexity index is 534. The standard InChI is InChI=1S/C16H19BrN2O2/c17-9-13(12-5-2-1-3-6-12)10-18-11-15(20)19-8-4-7-14(19)16(18)21/h1-3,5-6,13-14H,4,7-11H2. The lowest BCUT2D eigenvalue weighted by atomic mass is 9.99. The number of alkyl halides is 1. The lowest BCUT2D eigenvalue weighted by Gasteiger charge is -2.37. The molecule has 2 aliphatic rings. The van der Waals surface area contributed by atoms with Crippen molar-refractivity contribution in [2.24, 2.45) is 0 Å². The van der Waals surface area contributed by atoms with Crippen LogP contribution >= 0.6 is 15.9 Å². The maximum absolute atomic E-state index is 12.6. The Kier molecular flexibility index (Phi) is 4.29. The smallest absolute Gasteiger partial charge is 0.245 e. The van der Waals surface area contributed by atoms with Crippen LogP contribution in [0, 0.1) is 0 Å². The van der Waals surface area contributed by atoms with Crippen molar-refractivity contribution < 1.29 is 9.59 Å². The van der Waals surface area contributed by atoms with Crippen molar-refractivity contribution in [2.45, 2.75) is 24.8 Å². The molecule has 0 spiro atoms. The quantitative estimate of drug-likeness (QED) is 0.779. The lowest BCUT2D eigenvalue weighted by Crippen LogP contribution is -2.58. The van der Waals surface area contributed by atoms with Gasteiger partial charge in [0.2, 0.25) is 11.8 Å². The minimum absolute atomic E-state index is 0.0958. The van der Waals surface area contributed by atoms with Gasteiger partial charge < -0.3 is 9.80 Å². The van der Waals surface area contributed by atoms with E-state index < -0.39 is 0 Å². The fourth-order valence-electron chi connectivity index (χ4n) is 3.25. The van der Waals surface area contributed by atoms with E-state index in [2.05, 4.69) is 28.1 Å². The molecule has 2 atom stereocenters. The van der Waals surface area contributed by atoms with Crippen LogP contribution in [0.5, 0.6) is 0 Å². The topological polar surface area (TPSA) is 40.6 Å². The Balaban J connectivity index is 1.74. The zero-order valence-corrected chi connectivity index (χ0v) is 13.5. The van der Waals surface area contributed by atoms with Crippen molar-refractivity contribution in [1.29, 1.82) is 0 Å². The molecule has 0 bridgehead atoms. The van der Waals surface area contributed by atoms with Crippen molar-refractivity contribution in [3.63, 3.8) is 0 Å². The second-order valence-electron chi connectivity index (χ2n) is 5.73. The summed E-state index contributed by atoms with van der Waals surface area (Å²) in [5.74, 6) is 0.434. The monoisotopic (exact) mass is 350 g/mol. The Morgan fingerprint density at radius 3 is 2.71 bits per heavy atom. The van der Waals surface area contributed by atoms with Gasteiger partial charge in [0.25, 0.3) is 0 Å². The van der Waals surface area contributed by atoms with Gasteiger partial charge in [0.05, 0.1) is 6.54 Å². The maximum atomic E-state index is 12.6. The summed E-state index contributed by atoms with van der Waals surface area (Å²) in [6.45, 7) is 1.57. The van der Waals surface area contributed by atoms with Gasteiger partial charge in [-0.2, -0.15) is 0 Å². The van der Waals surface area contributed by atoms with E-state index in [0.717, 1.165) is 24.7 Å². The van der Waals surface area contributed by atoms with E-state index in [1.807, 2.05) is 18.2 Å². The van der Waals surface area contributed by atoms with Crippen LogP contribution in [0.15, 0.2) is 30.3 Å². The molecule has 2 amide bonds. The minimum atomic E-state index is -0.210. The number of nitrogens with zero attached hydrogens (tertiary/aromatic N) is 2. The van der Waals surface area contributed by atoms with E-state index in [0.29, 0.717) is 6.54 Å². The van der Waals surface area contributed by atoms with E-state index >= 15 is 0 Å². The average Bonchev–Trinajstić information content (AvgIpc) is 3.00. The predicted molar refractivity (Wildman–Crippen MR) is 84.3 cm³/mol. The summed E-state index contributed by atoms with van der Waals surface area (Å²) in [5.41, 5.74) is 1.20. The molecule has 0 saturated carbocycles. The Labute approximate surface area is 133 Å². The van der Waals surface area contributed by atoms with Gasteiger partial charge in [-0.15, -0.1) is 0 Å². The summed E-state index contributed by atoms with van der Waals surface area (Å²) in [7, 11) is 0. The molecular weight excluding hydrogens is 332 g/mol. The molecular formula is C16H19BrN2O2. The van der Waals surface area contributed by atoms with Gasteiger partial charge >= 0.3 is 0 Å². The molecule has 112 valence electrons. The first-order valence-electron chi connectivity index (χ1n) is 7.40. The maximum Gasteiger partial charge on any atom is 0.245 e. The van der Waals surface area contributed by atoms with Crippen molar-refractivity contribution >= 4 is 27.7 Å². The van der Waals surface area contributed by atoms with Crippen LogP contribution in [0.1, 0.15) is 24.3 Å². The number of piperazine rings is 1. The number of carbonyl (C=O) groups is 2. The highest BCUT2D eigenvalue weighted by Gasteiger charge is 2.42. The number of halogens is 1. The molecule has 2 fully saturated rings. The molecule has 4 nitrogen and oxygen atoms in total. The van der Waals surface area contributed by atoms with Crippen molar-refractivity contribution in [1.82, 2.24) is 9.80 Å². The third kappa shape index (κ3) is 2.84. The van der Waals surface area contributed by atoms with Gasteiger partial charge in [0, 0.05) is 24.3 Å². The highest BCUT2D eigenvalue weighted by atomic mass is 79.9. The molecule has 2 aliphatic heterocycles. The summed E-state index contributed by atoms with van der Waals surface area (Å²) < 4.78 is 0. The number of hydrogen-bond donors (Lipinski definition) is 0. The van der Waals surface area contributed by atoms with E-state index in [1.165, 1.54) is 5.56 Å². The number of rotatable bonds is 4. The van der Waals surface area contributed by atoms with Crippen LogP contribution in [-0.2, 0) is 9.59 Å². The summed E-state index contributed by atoms with van der Waals surface area (Å²) in [6, 6.07) is 9.94. The van der Waals surface area contributed by atoms with Gasteiger partial charge in [-0.05, 0) is 18.4 Å². The fraction of sp³-hybridized carbons (Fsp3) is 0.500. The predicted octanol–water partition coefficient (Wildman–Crippen LogP) is 2.00. The highest BCUT2D eigenvalue weighted by Crippen LogP contribution is 2.26. The number of fused-ring (bicyclic) bond motifs is 1. The van der Waals surface area contributed by atoms with Gasteiger partial charge in [0.15, 0.2) is 0 Å². The number of benzene rings is 1. The summed E-state index contributed by atoms with van der Waals surface area (Å²) >= 11 is 3.54. The zero-order valence-electron chi connectivity index (χ0n) is 11.9.